The molecule has 0 saturated carbocycles. The second kappa shape index (κ2) is 8.88. The highest BCUT2D eigenvalue weighted by molar-refractivity contribution is 5.89. The van der Waals surface area contributed by atoms with Gasteiger partial charge in [0, 0.05) is 0 Å². The average molecular weight is 439 g/mol. The molecule has 2 aliphatic rings. The van der Waals surface area contributed by atoms with Crippen molar-refractivity contribution in [1.29, 1.82) is 0 Å². The van der Waals surface area contributed by atoms with Gasteiger partial charge < -0.3 is 9.47 Å². The van der Waals surface area contributed by atoms with E-state index in [1.165, 1.54) is 17.2 Å². The number of esters is 2. The molecule has 0 saturated heterocycles. The van der Waals surface area contributed by atoms with Crippen LogP contribution in [0.2, 0.25) is 0 Å². The minimum absolute atomic E-state index is 0.122. The van der Waals surface area contributed by atoms with Crippen LogP contribution in [0.3, 0.4) is 0 Å². The molecule has 4 nitrogen and oxygen atoms in total. The smallest absolute Gasteiger partial charge is 0.338 e. The van der Waals surface area contributed by atoms with E-state index in [1.807, 2.05) is 0 Å². The first kappa shape index (κ1) is 24.3. The Balaban J connectivity index is 1.83. The lowest BCUT2D eigenvalue weighted by atomic mass is 9.64. The number of ether oxygens (including phenoxy) is 2. The summed E-state index contributed by atoms with van der Waals surface area (Å²) < 4.78 is 11.0. The molecule has 0 fully saturated rings. The molecule has 174 valence electrons. The van der Waals surface area contributed by atoms with Crippen LogP contribution in [0.5, 0.6) is 5.75 Å². The zero-order chi connectivity index (χ0) is 23.7. The molecule has 1 aromatic rings. The van der Waals surface area contributed by atoms with Gasteiger partial charge in [-0.1, -0.05) is 65.3 Å². The minimum atomic E-state index is -0.528. The summed E-state index contributed by atoms with van der Waals surface area (Å²) in [5.74, 6) is 0.268. The molecule has 0 bridgehead atoms. The van der Waals surface area contributed by atoms with E-state index in [-0.39, 0.29) is 23.4 Å². The van der Waals surface area contributed by atoms with Crippen LogP contribution in [0.4, 0.5) is 0 Å². The number of hydrogen-bond acceptors (Lipinski definition) is 4. The van der Waals surface area contributed by atoms with E-state index >= 15 is 0 Å². The molecule has 0 radical (unpaired) electrons. The highest BCUT2D eigenvalue weighted by atomic mass is 16.5. The van der Waals surface area contributed by atoms with Gasteiger partial charge in [0.25, 0.3) is 0 Å². The predicted molar refractivity (Wildman–Crippen MR) is 128 cm³/mol. The minimum Gasteiger partial charge on any atom is -0.458 e. The molecule has 0 aromatic heterocycles. The molecular weight excluding hydrogens is 400 g/mol. The summed E-state index contributed by atoms with van der Waals surface area (Å²) in [6.07, 6.45) is 6.19. The number of rotatable bonds is 7. The molecule has 4 heteroatoms. The van der Waals surface area contributed by atoms with Gasteiger partial charge in [0.1, 0.15) is 12.4 Å². The topological polar surface area (TPSA) is 52.6 Å². The molecule has 0 unspecified atom stereocenters. The summed E-state index contributed by atoms with van der Waals surface area (Å²) >= 11 is 0. The van der Waals surface area contributed by atoms with E-state index in [4.69, 9.17) is 9.47 Å². The Morgan fingerprint density at radius 2 is 1.53 bits per heavy atom. The van der Waals surface area contributed by atoms with Crippen molar-refractivity contribution in [2.24, 2.45) is 22.2 Å². The predicted octanol–water partition coefficient (Wildman–Crippen LogP) is 6.90. The monoisotopic (exact) mass is 438 g/mol. The van der Waals surface area contributed by atoms with Crippen molar-refractivity contribution in [2.45, 2.75) is 73.6 Å². The van der Waals surface area contributed by atoms with Gasteiger partial charge >= 0.3 is 11.9 Å². The van der Waals surface area contributed by atoms with Crippen molar-refractivity contribution in [1.82, 2.24) is 0 Å². The van der Waals surface area contributed by atoms with Crippen LogP contribution in [-0.4, -0.2) is 18.5 Å². The third kappa shape index (κ3) is 4.84. The number of benzene rings is 1. The number of hydrogen-bond donors (Lipinski definition) is 0. The van der Waals surface area contributed by atoms with Crippen LogP contribution < -0.4 is 4.74 Å². The van der Waals surface area contributed by atoms with E-state index in [2.05, 4.69) is 48.1 Å². The van der Waals surface area contributed by atoms with Crippen LogP contribution in [-0.2, 0) is 9.53 Å². The molecular formula is C28H38O4. The van der Waals surface area contributed by atoms with Crippen molar-refractivity contribution in [3.63, 3.8) is 0 Å². The Morgan fingerprint density at radius 3 is 2.00 bits per heavy atom. The Labute approximate surface area is 193 Å². The van der Waals surface area contributed by atoms with Gasteiger partial charge in [0.15, 0.2) is 0 Å². The second-order valence-electron chi connectivity index (χ2n) is 11.3. The quantitative estimate of drug-likeness (QED) is 0.264. The number of carbonyl (C=O) groups excluding carboxylic acids is 2. The molecule has 3 rings (SSSR count). The van der Waals surface area contributed by atoms with Crippen LogP contribution in [0, 0.1) is 22.2 Å². The Bertz CT molecular complexity index is 887. The first-order chi connectivity index (χ1) is 14.9. The molecule has 0 atom stereocenters. The molecule has 0 spiro atoms. The van der Waals surface area contributed by atoms with Gasteiger partial charge in [0.2, 0.25) is 0 Å². The van der Waals surface area contributed by atoms with E-state index in [1.54, 1.807) is 24.3 Å². The summed E-state index contributed by atoms with van der Waals surface area (Å²) in [5.41, 5.74) is 3.07. The Hall–Kier alpha value is -2.36. The Morgan fingerprint density at radius 1 is 1.00 bits per heavy atom. The Kier molecular flexibility index (Phi) is 6.74. The third-order valence-electron chi connectivity index (χ3n) is 7.27. The van der Waals surface area contributed by atoms with Crippen molar-refractivity contribution in [3.8, 4) is 5.75 Å². The molecule has 2 aliphatic carbocycles. The molecule has 0 aliphatic heterocycles. The molecule has 0 N–H and O–H groups in total. The lowest BCUT2D eigenvalue weighted by Crippen LogP contribution is -2.35. The molecule has 1 aromatic carbocycles. The normalized spacial score (nSPS) is 20.6. The highest BCUT2D eigenvalue weighted by Crippen LogP contribution is 2.61. The van der Waals surface area contributed by atoms with Gasteiger partial charge in [-0.15, -0.1) is 0 Å². The van der Waals surface area contributed by atoms with E-state index in [0.29, 0.717) is 17.2 Å². The van der Waals surface area contributed by atoms with Crippen LogP contribution in [0.25, 0.3) is 0 Å². The largest absolute Gasteiger partial charge is 0.458 e. The van der Waals surface area contributed by atoms with Gasteiger partial charge in [0.05, 0.1) is 11.0 Å². The average Bonchev–Trinajstić information content (AvgIpc) is 3.13. The summed E-state index contributed by atoms with van der Waals surface area (Å²) in [6.45, 7) is 17.3. The van der Waals surface area contributed by atoms with Gasteiger partial charge in [-0.05, 0) is 73.1 Å². The first-order valence-corrected chi connectivity index (χ1v) is 11.7. The summed E-state index contributed by atoms with van der Waals surface area (Å²) in [4.78, 5) is 25.6. The molecule has 32 heavy (non-hydrogen) atoms. The second-order valence-corrected chi connectivity index (χ2v) is 11.3. The van der Waals surface area contributed by atoms with E-state index < -0.39 is 11.4 Å². The zero-order valence-electron chi connectivity index (χ0n) is 20.5. The van der Waals surface area contributed by atoms with Crippen molar-refractivity contribution >= 4 is 11.9 Å². The summed E-state index contributed by atoms with van der Waals surface area (Å²) in [6, 6.07) is 6.60. The zero-order valence-corrected chi connectivity index (χ0v) is 20.5. The van der Waals surface area contributed by atoms with Crippen LogP contribution in [0.1, 0.15) is 84.0 Å². The fraction of sp³-hybridized carbons (Fsp3) is 0.571. The van der Waals surface area contributed by atoms with Crippen molar-refractivity contribution < 1.29 is 19.1 Å². The maximum absolute atomic E-state index is 13.6. The van der Waals surface area contributed by atoms with Crippen molar-refractivity contribution in [3.05, 3.63) is 53.6 Å². The summed E-state index contributed by atoms with van der Waals surface area (Å²) in [7, 11) is 0. The van der Waals surface area contributed by atoms with Gasteiger partial charge in [-0.3, -0.25) is 4.79 Å². The van der Waals surface area contributed by atoms with Crippen LogP contribution >= 0.6 is 0 Å². The van der Waals surface area contributed by atoms with E-state index in [9.17, 15) is 9.59 Å². The fourth-order valence-electron chi connectivity index (χ4n) is 5.42. The standard InChI is InChI=1S/C28H38O4/c1-8-15-31-24(29)20-9-11-21(12-10-20)32-25(30)28(16-19(2)3)17-22-23(18-28)27(6,7)14-13-26(22,4)5/h8-12,19H,1,13-18H2,2-7H3. The first-order valence-electron chi connectivity index (χ1n) is 11.7. The highest BCUT2D eigenvalue weighted by Gasteiger charge is 2.53. The van der Waals surface area contributed by atoms with Crippen LogP contribution in [0.15, 0.2) is 48.1 Å². The summed E-state index contributed by atoms with van der Waals surface area (Å²) in [5, 5.41) is 0. The number of allylic oxidation sites excluding steroid dienone is 2. The number of carbonyl (C=O) groups is 2. The third-order valence-corrected chi connectivity index (χ3v) is 7.27. The van der Waals surface area contributed by atoms with Gasteiger partial charge in [-0.25, -0.2) is 4.79 Å². The van der Waals surface area contributed by atoms with Gasteiger partial charge in [-0.2, -0.15) is 0 Å². The maximum Gasteiger partial charge on any atom is 0.338 e. The van der Waals surface area contributed by atoms with E-state index in [0.717, 1.165) is 32.1 Å². The van der Waals surface area contributed by atoms with Crippen molar-refractivity contribution in [2.75, 3.05) is 6.61 Å². The lowest BCUT2D eigenvalue weighted by Gasteiger charge is -2.41. The fourth-order valence-corrected chi connectivity index (χ4v) is 5.42. The maximum atomic E-state index is 13.6. The SMILES string of the molecule is C=CCOC(=O)c1ccc(OC(=O)C2(CC(C)C)CC3=C(C2)C(C)(C)CCC3(C)C)cc1. The lowest BCUT2D eigenvalue weighted by molar-refractivity contribution is -0.146. The molecule has 0 amide bonds. The molecule has 0 heterocycles.